The fourth-order valence-electron chi connectivity index (χ4n) is 1.21. The number of carbonyl (C=O) groups is 1. The third kappa shape index (κ3) is 3.87. The van der Waals surface area contributed by atoms with E-state index in [9.17, 15) is 4.79 Å². The molecule has 0 aromatic carbocycles. The largest absolute Gasteiger partial charge is 0.463 e. The van der Waals surface area contributed by atoms with E-state index in [2.05, 4.69) is 4.99 Å². The van der Waals surface area contributed by atoms with Crippen LogP contribution in [0.3, 0.4) is 0 Å². The van der Waals surface area contributed by atoms with E-state index in [4.69, 9.17) is 4.74 Å². The SMILES string of the molecule is CCOC(=O)C=CC1=NCCCC1. The first-order valence-electron chi connectivity index (χ1n) is 4.71. The highest BCUT2D eigenvalue weighted by Gasteiger charge is 2.02. The first-order chi connectivity index (χ1) is 6.33. The number of aliphatic imine (C=N–C) groups is 1. The molecular weight excluding hydrogens is 166 g/mol. The molecule has 0 spiro atoms. The molecule has 0 bridgehead atoms. The lowest BCUT2D eigenvalue weighted by molar-refractivity contribution is -0.137. The highest BCUT2D eigenvalue weighted by Crippen LogP contribution is 2.06. The fourth-order valence-corrected chi connectivity index (χ4v) is 1.21. The molecule has 0 atom stereocenters. The monoisotopic (exact) mass is 181 g/mol. The Labute approximate surface area is 78.5 Å². The zero-order valence-corrected chi connectivity index (χ0v) is 7.95. The van der Waals surface area contributed by atoms with Crippen LogP contribution in [0.5, 0.6) is 0 Å². The van der Waals surface area contributed by atoms with E-state index in [1.807, 2.05) is 0 Å². The predicted octanol–water partition coefficient (Wildman–Crippen LogP) is 1.73. The van der Waals surface area contributed by atoms with Gasteiger partial charge in [-0.1, -0.05) is 0 Å². The van der Waals surface area contributed by atoms with E-state index >= 15 is 0 Å². The molecule has 0 saturated heterocycles. The molecule has 0 N–H and O–H groups in total. The van der Waals surface area contributed by atoms with E-state index in [-0.39, 0.29) is 5.97 Å². The fraction of sp³-hybridized carbons (Fsp3) is 0.600. The molecule has 1 rings (SSSR count). The van der Waals surface area contributed by atoms with Gasteiger partial charge in [0.05, 0.1) is 6.61 Å². The Balaban J connectivity index is 2.37. The quantitative estimate of drug-likeness (QED) is 0.491. The molecule has 3 nitrogen and oxygen atoms in total. The van der Waals surface area contributed by atoms with Crippen LogP contribution >= 0.6 is 0 Å². The second kappa shape index (κ2) is 5.51. The molecule has 0 unspecified atom stereocenters. The maximum absolute atomic E-state index is 10.9. The third-order valence-electron chi connectivity index (χ3n) is 1.85. The van der Waals surface area contributed by atoms with Gasteiger partial charge in [0, 0.05) is 18.3 Å². The van der Waals surface area contributed by atoms with E-state index in [1.54, 1.807) is 13.0 Å². The lowest BCUT2D eigenvalue weighted by atomic mass is 10.1. The van der Waals surface area contributed by atoms with Crippen LogP contribution in [0.1, 0.15) is 26.2 Å². The van der Waals surface area contributed by atoms with Gasteiger partial charge in [0.25, 0.3) is 0 Å². The molecule has 0 amide bonds. The number of hydrogen-bond donors (Lipinski definition) is 0. The van der Waals surface area contributed by atoms with Gasteiger partial charge in [-0.3, -0.25) is 4.99 Å². The van der Waals surface area contributed by atoms with Crippen molar-refractivity contribution in [3.05, 3.63) is 12.2 Å². The minimum atomic E-state index is -0.282. The Morgan fingerprint density at radius 3 is 3.08 bits per heavy atom. The normalized spacial score (nSPS) is 17.2. The Morgan fingerprint density at radius 1 is 1.62 bits per heavy atom. The smallest absolute Gasteiger partial charge is 0.330 e. The number of esters is 1. The van der Waals surface area contributed by atoms with Crippen molar-refractivity contribution in [3.63, 3.8) is 0 Å². The Morgan fingerprint density at radius 2 is 2.46 bits per heavy atom. The van der Waals surface area contributed by atoms with E-state index in [1.165, 1.54) is 12.5 Å². The lowest BCUT2D eigenvalue weighted by Crippen LogP contribution is -2.05. The van der Waals surface area contributed by atoms with Gasteiger partial charge in [-0.25, -0.2) is 4.79 Å². The minimum Gasteiger partial charge on any atom is -0.463 e. The number of ether oxygens (including phenoxy) is 1. The summed E-state index contributed by atoms with van der Waals surface area (Å²) in [4.78, 5) is 15.2. The molecule has 0 saturated carbocycles. The van der Waals surface area contributed by atoms with Crippen molar-refractivity contribution in [2.45, 2.75) is 26.2 Å². The van der Waals surface area contributed by atoms with Crippen LogP contribution in [-0.2, 0) is 9.53 Å². The standard InChI is InChI=1S/C10H15NO2/c1-2-13-10(12)7-6-9-5-3-4-8-11-9/h6-7H,2-5,8H2,1H3. The van der Waals surface area contributed by atoms with Crippen LogP contribution in [0.4, 0.5) is 0 Å². The number of carbonyl (C=O) groups excluding carboxylic acids is 1. The summed E-state index contributed by atoms with van der Waals surface area (Å²) in [6, 6.07) is 0. The number of hydrogen-bond acceptors (Lipinski definition) is 3. The number of allylic oxidation sites excluding steroid dienone is 1. The number of rotatable bonds is 3. The average molecular weight is 181 g/mol. The van der Waals surface area contributed by atoms with Crippen molar-refractivity contribution >= 4 is 11.7 Å². The molecule has 0 aromatic rings. The maximum atomic E-state index is 10.9. The van der Waals surface area contributed by atoms with Gasteiger partial charge in [0.2, 0.25) is 0 Å². The molecule has 1 aliphatic heterocycles. The molecule has 13 heavy (non-hydrogen) atoms. The molecule has 1 aliphatic rings. The Hall–Kier alpha value is -1.12. The van der Waals surface area contributed by atoms with E-state index < -0.39 is 0 Å². The molecule has 0 aliphatic carbocycles. The first-order valence-corrected chi connectivity index (χ1v) is 4.71. The zero-order valence-electron chi connectivity index (χ0n) is 7.95. The summed E-state index contributed by atoms with van der Waals surface area (Å²) in [6.45, 7) is 3.11. The van der Waals surface area contributed by atoms with Crippen LogP contribution in [0.15, 0.2) is 17.1 Å². The molecule has 0 fully saturated rings. The minimum absolute atomic E-state index is 0.282. The Bertz CT molecular complexity index is 231. The van der Waals surface area contributed by atoms with Crippen LogP contribution in [-0.4, -0.2) is 24.8 Å². The zero-order chi connectivity index (χ0) is 9.52. The topological polar surface area (TPSA) is 38.7 Å². The molecule has 0 radical (unpaired) electrons. The second-order valence-corrected chi connectivity index (χ2v) is 2.92. The summed E-state index contributed by atoms with van der Waals surface area (Å²) in [7, 11) is 0. The van der Waals surface area contributed by atoms with Crippen LogP contribution in [0.25, 0.3) is 0 Å². The highest BCUT2D eigenvalue weighted by molar-refractivity contribution is 5.99. The summed E-state index contributed by atoms with van der Waals surface area (Å²) < 4.78 is 4.75. The van der Waals surface area contributed by atoms with Crippen molar-refractivity contribution in [2.24, 2.45) is 4.99 Å². The van der Waals surface area contributed by atoms with Crippen LogP contribution in [0.2, 0.25) is 0 Å². The van der Waals surface area contributed by atoms with E-state index in [0.29, 0.717) is 6.61 Å². The summed E-state index contributed by atoms with van der Waals surface area (Å²) in [6.07, 6.45) is 6.53. The summed E-state index contributed by atoms with van der Waals surface area (Å²) in [5, 5.41) is 0. The average Bonchev–Trinajstić information content (AvgIpc) is 2.17. The summed E-state index contributed by atoms with van der Waals surface area (Å²) >= 11 is 0. The van der Waals surface area contributed by atoms with Crippen molar-refractivity contribution in [1.29, 1.82) is 0 Å². The van der Waals surface area contributed by atoms with Gasteiger partial charge in [-0.15, -0.1) is 0 Å². The molecule has 72 valence electrons. The van der Waals surface area contributed by atoms with Gasteiger partial charge >= 0.3 is 5.97 Å². The number of nitrogens with zero attached hydrogens (tertiary/aromatic N) is 1. The molecular formula is C10H15NO2. The van der Waals surface area contributed by atoms with Crippen molar-refractivity contribution < 1.29 is 9.53 Å². The molecule has 3 heteroatoms. The van der Waals surface area contributed by atoms with Crippen molar-refractivity contribution in [3.8, 4) is 0 Å². The molecule has 1 heterocycles. The summed E-state index contributed by atoms with van der Waals surface area (Å²) in [5.41, 5.74) is 1.01. The predicted molar refractivity (Wildman–Crippen MR) is 51.9 cm³/mol. The van der Waals surface area contributed by atoms with Crippen molar-refractivity contribution in [1.82, 2.24) is 0 Å². The lowest BCUT2D eigenvalue weighted by Gasteiger charge is -2.06. The second-order valence-electron chi connectivity index (χ2n) is 2.92. The van der Waals surface area contributed by atoms with Gasteiger partial charge < -0.3 is 4.74 Å². The summed E-state index contributed by atoms with van der Waals surface area (Å²) in [5.74, 6) is -0.282. The Kier molecular flexibility index (Phi) is 4.23. The highest BCUT2D eigenvalue weighted by atomic mass is 16.5. The third-order valence-corrected chi connectivity index (χ3v) is 1.85. The van der Waals surface area contributed by atoms with Gasteiger partial charge in [-0.05, 0) is 32.3 Å². The maximum Gasteiger partial charge on any atom is 0.330 e. The van der Waals surface area contributed by atoms with Gasteiger partial charge in [-0.2, -0.15) is 0 Å². The first kappa shape index (κ1) is 9.96. The van der Waals surface area contributed by atoms with E-state index in [0.717, 1.165) is 25.1 Å². The van der Waals surface area contributed by atoms with Gasteiger partial charge in [0.15, 0.2) is 0 Å². The molecule has 0 aromatic heterocycles. The van der Waals surface area contributed by atoms with Crippen LogP contribution < -0.4 is 0 Å². The van der Waals surface area contributed by atoms with Crippen molar-refractivity contribution in [2.75, 3.05) is 13.2 Å². The van der Waals surface area contributed by atoms with Gasteiger partial charge in [0.1, 0.15) is 0 Å². The van der Waals surface area contributed by atoms with Crippen LogP contribution in [0, 0.1) is 0 Å².